The number of hydrogen-bond donors (Lipinski definition) is 1. The van der Waals surface area contributed by atoms with Gasteiger partial charge in [-0.2, -0.15) is 4.98 Å². The molecule has 8 nitrogen and oxygen atoms in total. The molecule has 0 radical (unpaired) electrons. The molecule has 37 heavy (non-hydrogen) atoms. The number of carboxylic acid groups (broad SMARTS) is 1. The zero-order valence-corrected chi connectivity index (χ0v) is 19.9. The minimum Gasteiger partial charge on any atom is -0.492 e. The van der Waals surface area contributed by atoms with Crippen molar-refractivity contribution in [2.45, 2.75) is 38.2 Å². The van der Waals surface area contributed by atoms with E-state index in [-0.39, 0.29) is 18.2 Å². The van der Waals surface area contributed by atoms with Gasteiger partial charge in [0, 0.05) is 34.2 Å². The number of fused-ring (bicyclic) bond motifs is 2. The summed E-state index contributed by atoms with van der Waals surface area (Å²) in [5.74, 6) is 1.94. The van der Waals surface area contributed by atoms with Gasteiger partial charge in [-0.15, -0.1) is 0 Å². The molecule has 188 valence electrons. The Morgan fingerprint density at radius 1 is 1.14 bits per heavy atom. The van der Waals surface area contributed by atoms with E-state index >= 15 is 0 Å². The second-order valence-electron chi connectivity index (χ2n) is 9.16. The molecule has 0 fully saturated rings. The van der Waals surface area contributed by atoms with E-state index in [2.05, 4.69) is 10.1 Å². The number of aromatic nitrogens is 2. The van der Waals surface area contributed by atoms with Crippen molar-refractivity contribution >= 4 is 5.97 Å². The largest absolute Gasteiger partial charge is 0.492 e. The Balaban J connectivity index is 1.20. The molecule has 6 rings (SSSR count). The first-order valence-electron chi connectivity index (χ1n) is 12.0. The maximum Gasteiger partial charge on any atom is 0.304 e. The first-order chi connectivity index (χ1) is 17.9. The predicted octanol–water partition coefficient (Wildman–Crippen LogP) is 5.99. The summed E-state index contributed by atoms with van der Waals surface area (Å²) in [5.41, 5.74) is 2.89. The lowest BCUT2D eigenvalue weighted by atomic mass is 9.98. The number of aliphatic carboxylic acids is 1. The minimum atomic E-state index is -0.865. The molecule has 0 unspecified atom stereocenters. The fourth-order valence-electron chi connectivity index (χ4n) is 4.94. The lowest BCUT2D eigenvalue weighted by Gasteiger charge is -2.17. The number of benzene rings is 3. The Labute approximate surface area is 211 Å². The highest BCUT2D eigenvalue weighted by Gasteiger charge is 2.32. The predicted molar refractivity (Wildman–Crippen MR) is 130 cm³/mol. The summed E-state index contributed by atoms with van der Waals surface area (Å²) in [6, 6.07) is 15.7. The molecule has 0 bridgehead atoms. The average molecular weight is 502 g/mol. The molecular formula is C28H23FN2O6. The normalized spacial score (nSPS) is 17.7. The van der Waals surface area contributed by atoms with Crippen LogP contribution in [0.2, 0.25) is 0 Å². The molecule has 1 aliphatic heterocycles. The van der Waals surface area contributed by atoms with Gasteiger partial charge in [0.25, 0.3) is 5.89 Å². The van der Waals surface area contributed by atoms with E-state index in [0.717, 1.165) is 16.7 Å². The Morgan fingerprint density at radius 3 is 2.70 bits per heavy atom. The fourth-order valence-corrected chi connectivity index (χ4v) is 4.94. The third-order valence-electron chi connectivity index (χ3n) is 6.66. The van der Waals surface area contributed by atoms with Gasteiger partial charge in [-0.25, -0.2) is 4.39 Å². The first kappa shape index (κ1) is 23.0. The van der Waals surface area contributed by atoms with Crippen LogP contribution in [-0.2, 0) is 11.2 Å². The first-order valence-corrected chi connectivity index (χ1v) is 12.0. The van der Waals surface area contributed by atoms with Gasteiger partial charge in [-0.3, -0.25) is 4.79 Å². The van der Waals surface area contributed by atoms with Crippen LogP contribution < -0.4 is 14.2 Å². The molecule has 0 saturated heterocycles. The molecule has 0 spiro atoms. The SMILES string of the molecule is Cc1noc(-c2ccc(Oc3ccc(F)c4c3CC[C@H]4Oc3ccc4c(c3)OC[C@H]4CC(=O)O)cc2)n1. The second-order valence-corrected chi connectivity index (χ2v) is 9.16. The molecule has 3 aromatic carbocycles. The quantitative estimate of drug-likeness (QED) is 0.329. The van der Waals surface area contributed by atoms with Crippen molar-refractivity contribution in [3.8, 4) is 34.5 Å². The van der Waals surface area contributed by atoms with Crippen molar-refractivity contribution in [2.24, 2.45) is 0 Å². The van der Waals surface area contributed by atoms with Crippen molar-refractivity contribution in [3.63, 3.8) is 0 Å². The number of hydrogen-bond acceptors (Lipinski definition) is 7. The van der Waals surface area contributed by atoms with Crippen LogP contribution in [0, 0.1) is 12.7 Å². The number of nitrogens with zero attached hydrogens (tertiary/aromatic N) is 2. The number of halogens is 1. The Bertz CT molecular complexity index is 1480. The van der Waals surface area contributed by atoms with E-state index in [1.807, 2.05) is 18.2 Å². The third kappa shape index (κ3) is 4.48. The standard InChI is InChI=1S/C28H23FN2O6/c1-15-30-28(37-31-15)16-2-4-18(5-3-16)35-23-11-9-22(29)27-21(23)8-10-24(27)36-19-6-7-20-17(12-26(32)33)14-34-25(20)13-19/h2-7,9,11,13,17,24H,8,10,12,14H2,1H3,(H,32,33)/t17-,24-/m1/s1. The number of carbonyl (C=O) groups is 1. The summed E-state index contributed by atoms with van der Waals surface area (Å²) in [7, 11) is 0. The van der Waals surface area contributed by atoms with E-state index in [9.17, 15) is 9.18 Å². The van der Waals surface area contributed by atoms with Crippen molar-refractivity contribution in [1.82, 2.24) is 10.1 Å². The number of carboxylic acids is 1. The van der Waals surface area contributed by atoms with E-state index < -0.39 is 12.1 Å². The average Bonchev–Trinajstić information content (AvgIpc) is 3.61. The summed E-state index contributed by atoms with van der Waals surface area (Å²) in [4.78, 5) is 15.3. The van der Waals surface area contributed by atoms with Crippen LogP contribution in [0.25, 0.3) is 11.5 Å². The monoisotopic (exact) mass is 502 g/mol. The van der Waals surface area contributed by atoms with E-state index in [1.165, 1.54) is 6.07 Å². The molecule has 1 N–H and O–H groups in total. The van der Waals surface area contributed by atoms with Gasteiger partial charge in [0.05, 0.1) is 13.0 Å². The van der Waals surface area contributed by atoms with Crippen LogP contribution >= 0.6 is 0 Å². The Morgan fingerprint density at radius 2 is 1.95 bits per heavy atom. The zero-order chi connectivity index (χ0) is 25.5. The lowest BCUT2D eigenvalue weighted by molar-refractivity contribution is -0.137. The van der Waals surface area contributed by atoms with Crippen molar-refractivity contribution in [3.05, 3.63) is 82.9 Å². The summed E-state index contributed by atoms with van der Waals surface area (Å²) in [5, 5.41) is 12.9. The fraction of sp³-hybridized carbons (Fsp3) is 0.250. The van der Waals surface area contributed by atoms with Gasteiger partial charge in [0.1, 0.15) is 34.9 Å². The van der Waals surface area contributed by atoms with Crippen LogP contribution in [0.15, 0.2) is 59.1 Å². The molecule has 9 heteroatoms. The molecule has 4 aromatic rings. The van der Waals surface area contributed by atoms with Gasteiger partial charge in [-0.1, -0.05) is 11.2 Å². The molecule has 1 aliphatic carbocycles. The van der Waals surface area contributed by atoms with Gasteiger partial charge in [0.15, 0.2) is 5.82 Å². The molecule has 0 amide bonds. The molecular weight excluding hydrogens is 479 g/mol. The van der Waals surface area contributed by atoms with Crippen LogP contribution in [0.1, 0.15) is 47.4 Å². The van der Waals surface area contributed by atoms with Crippen LogP contribution in [-0.4, -0.2) is 27.8 Å². The zero-order valence-electron chi connectivity index (χ0n) is 19.9. The Hall–Kier alpha value is -4.40. The van der Waals surface area contributed by atoms with Crippen molar-refractivity contribution in [2.75, 3.05) is 6.61 Å². The maximum absolute atomic E-state index is 15.0. The smallest absolute Gasteiger partial charge is 0.304 e. The molecule has 1 aromatic heterocycles. The lowest BCUT2D eigenvalue weighted by Crippen LogP contribution is -2.07. The summed E-state index contributed by atoms with van der Waals surface area (Å²) in [6.07, 6.45) is 0.739. The summed E-state index contributed by atoms with van der Waals surface area (Å²) >= 11 is 0. The van der Waals surface area contributed by atoms with Crippen molar-refractivity contribution in [1.29, 1.82) is 0 Å². The Kier molecular flexibility index (Phi) is 5.75. The van der Waals surface area contributed by atoms with Gasteiger partial charge in [0.2, 0.25) is 0 Å². The molecule has 0 saturated carbocycles. The molecule has 2 atom stereocenters. The topological polar surface area (TPSA) is 104 Å². The van der Waals surface area contributed by atoms with E-state index in [1.54, 1.807) is 37.3 Å². The van der Waals surface area contributed by atoms with Crippen molar-refractivity contribution < 1.29 is 33.0 Å². The van der Waals surface area contributed by atoms with Crippen LogP contribution in [0.3, 0.4) is 0 Å². The molecule has 2 heterocycles. The van der Waals surface area contributed by atoms with Gasteiger partial charge in [-0.05, 0) is 62.2 Å². The summed E-state index contributed by atoms with van der Waals surface area (Å²) < 4.78 is 38.1. The van der Waals surface area contributed by atoms with Crippen LogP contribution in [0.4, 0.5) is 4.39 Å². The highest BCUT2D eigenvalue weighted by Crippen LogP contribution is 2.44. The van der Waals surface area contributed by atoms with Crippen LogP contribution in [0.5, 0.6) is 23.0 Å². The number of rotatable bonds is 7. The number of ether oxygens (including phenoxy) is 3. The highest BCUT2D eigenvalue weighted by molar-refractivity contribution is 5.69. The number of aryl methyl sites for hydroxylation is 1. The van der Waals surface area contributed by atoms with Gasteiger partial charge >= 0.3 is 5.97 Å². The summed E-state index contributed by atoms with van der Waals surface area (Å²) in [6.45, 7) is 2.08. The molecule has 2 aliphatic rings. The second kappa shape index (κ2) is 9.24. The minimum absolute atomic E-state index is 0.0105. The van der Waals surface area contributed by atoms with Gasteiger partial charge < -0.3 is 23.8 Å². The maximum atomic E-state index is 15.0. The third-order valence-corrected chi connectivity index (χ3v) is 6.66. The highest BCUT2D eigenvalue weighted by atomic mass is 19.1. The van der Waals surface area contributed by atoms with E-state index in [4.69, 9.17) is 23.8 Å². The van der Waals surface area contributed by atoms with E-state index in [0.29, 0.717) is 59.7 Å².